The highest BCUT2D eigenvalue weighted by Gasteiger charge is 2.12. The number of hydrogen-bond donors (Lipinski definition) is 2. The molecular formula is C18H25N5O2. The molecule has 2 aromatic rings. The van der Waals surface area contributed by atoms with Gasteiger partial charge in [-0.1, -0.05) is 12.1 Å². The van der Waals surface area contributed by atoms with Crippen LogP contribution < -0.4 is 10.6 Å². The van der Waals surface area contributed by atoms with Gasteiger partial charge in [-0.05, 0) is 46.1 Å². The first kappa shape index (κ1) is 18.7. The molecule has 0 spiro atoms. The highest BCUT2D eigenvalue weighted by Crippen LogP contribution is 2.21. The summed E-state index contributed by atoms with van der Waals surface area (Å²) in [5.41, 5.74) is 1.13. The lowest BCUT2D eigenvalue weighted by Gasteiger charge is -2.12. The first-order valence-electron chi connectivity index (χ1n) is 8.34. The van der Waals surface area contributed by atoms with Gasteiger partial charge in [-0.15, -0.1) is 0 Å². The molecule has 134 valence electrons. The van der Waals surface area contributed by atoms with Crippen molar-refractivity contribution in [3.05, 3.63) is 42.2 Å². The van der Waals surface area contributed by atoms with E-state index >= 15 is 0 Å². The fraction of sp³-hybridized carbons (Fsp3) is 0.389. The number of nitrogens with one attached hydrogen (secondary N) is 2. The van der Waals surface area contributed by atoms with Crippen molar-refractivity contribution in [2.75, 3.05) is 44.4 Å². The quantitative estimate of drug-likeness (QED) is 0.535. The summed E-state index contributed by atoms with van der Waals surface area (Å²) in [5.74, 6) is 0.994. The number of hydrogen-bond acceptors (Lipinski definition) is 7. The monoisotopic (exact) mass is 343 g/mol. The summed E-state index contributed by atoms with van der Waals surface area (Å²) in [5, 5.41) is 6.44. The van der Waals surface area contributed by atoms with Gasteiger partial charge in [0.1, 0.15) is 18.0 Å². The molecule has 0 unspecified atom stereocenters. The molecular weight excluding hydrogens is 318 g/mol. The zero-order chi connectivity index (χ0) is 18.1. The summed E-state index contributed by atoms with van der Waals surface area (Å²) < 4.78 is 5.09. The van der Waals surface area contributed by atoms with Crippen molar-refractivity contribution < 1.29 is 9.53 Å². The first-order chi connectivity index (χ1) is 12.1. The van der Waals surface area contributed by atoms with Crippen molar-refractivity contribution in [2.24, 2.45) is 0 Å². The summed E-state index contributed by atoms with van der Waals surface area (Å²) in [7, 11) is 4.10. The smallest absolute Gasteiger partial charge is 0.340 e. The van der Waals surface area contributed by atoms with Crippen LogP contribution in [0.1, 0.15) is 23.7 Å². The van der Waals surface area contributed by atoms with Gasteiger partial charge in [-0.3, -0.25) is 0 Å². The minimum atomic E-state index is -0.360. The number of esters is 1. The number of anilines is 3. The van der Waals surface area contributed by atoms with E-state index in [-0.39, 0.29) is 5.97 Å². The number of carbonyl (C=O) groups is 1. The molecule has 0 saturated carbocycles. The van der Waals surface area contributed by atoms with Crippen molar-refractivity contribution in [1.29, 1.82) is 0 Å². The molecule has 0 saturated heterocycles. The van der Waals surface area contributed by atoms with Crippen LogP contribution in [0.15, 0.2) is 36.7 Å². The van der Waals surface area contributed by atoms with Crippen molar-refractivity contribution in [1.82, 2.24) is 14.9 Å². The van der Waals surface area contributed by atoms with Gasteiger partial charge in [-0.25, -0.2) is 14.8 Å². The third-order valence-electron chi connectivity index (χ3n) is 3.44. The van der Waals surface area contributed by atoms with Crippen LogP contribution in [0.5, 0.6) is 0 Å². The molecule has 0 aliphatic carbocycles. The van der Waals surface area contributed by atoms with E-state index in [0.717, 1.165) is 25.3 Å². The number of aromatic nitrogens is 2. The lowest BCUT2D eigenvalue weighted by molar-refractivity contribution is 0.0527. The van der Waals surface area contributed by atoms with Gasteiger partial charge in [0.2, 0.25) is 0 Å². The molecule has 1 aromatic heterocycles. The Labute approximate surface area is 148 Å². The molecule has 1 aromatic carbocycles. The van der Waals surface area contributed by atoms with Gasteiger partial charge in [0.25, 0.3) is 0 Å². The average Bonchev–Trinajstić information content (AvgIpc) is 2.60. The summed E-state index contributed by atoms with van der Waals surface area (Å²) in [6.07, 6.45) is 2.51. The van der Waals surface area contributed by atoms with Gasteiger partial charge >= 0.3 is 5.97 Å². The minimum Gasteiger partial charge on any atom is -0.462 e. The van der Waals surface area contributed by atoms with Gasteiger partial charge in [0, 0.05) is 12.6 Å². The second-order valence-corrected chi connectivity index (χ2v) is 5.76. The van der Waals surface area contributed by atoms with Crippen molar-refractivity contribution in [3.63, 3.8) is 0 Å². The third-order valence-corrected chi connectivity index (χ3v) is 3.44. The second-order valence-electron chi connectivity index (χ2n) is 5.76. The standard InChI is InChI=1S/C18H25N5O2/c1-4-25-18(24)14-8-5-6-9-15(14)22-17-12-16(20-13-21-17)19-10-7-11-23(2)3/h5-6,8-9,12-13H,4,7,10-11H2,1-3H3,(H2,19,20,21,22). The van der Waals surface area contributed by atoms with Crippen molar-refractivity contribution in [3.8, 4) is 0 Å². The van der Waals surface area contributed by atoms with E-state index in [1.165, 1.54) is 6.33 Å². The number of rotatable bonds is 9. The topological polar surface area (TPSA) is 79.4 Å². The van der Waals surface area contributed by atoms with Gasteiger partial charge in [0.05, 0.1) is 17.9 Å². The maximum atomic E-state index is 12.0. The molecule has 25 heavy (non-hydrogen) atoms. The Morgan fingerprint density at radius 2 is 1.96 bits per heavy atom. The van der Waals surface area contributed by atoms with Crippen molar-refractivity contribution >= 4 is 23.3 Å². The third kappa shape index (κ3) is 6.04. The molecule has 0 radical (unpaired) electrons. The van der Waals surface area contributed by atoms with Crippen LogP contribution in [0.3, 0.4) is 0 Å². The molecule has 2 rings (SSSR count). The number of nitrogens with zero attached hydrogens (tertiary/aromatic N) is 3. The van der Waals surface area contributed by atoms with Crippen LogP contribution in [-0.2, 0) is 4.74 Å². The average molecular weight is 343 g/mol. The summed E-state index contributed by atoms with van der Waals surface area (Å²) in [6, 6.07) is 9.01. The zero-order valence-corrected chi connectivity index (χ0v) is 15.0. The largest absolute Gasteiger partial charge is 0.462 e. The highest BCUT2D eigenvalue weighted by atomic mass is 16.5. The highest BCUT2D eigenvalue weighted by molar-refractivity contribution is 5.96. The normalized spacial score (nSPS) is 10.6. The molecule has 0 aliphatic heterocycles. The van der Waals surface area contributed by atoms with Crippen molar-refractivity contribution in [2.45, 2.75) is 13.3 Å². The van der Waals surface area contributed by atoms with Gasteiger partial charge < -0.3 is 20.3 Å². The predicted molar refractivity (Wildman–Crippen MR) is 99.4 cm³/mol. The molecule has 7 nitrogen and oxygen atoms in total. The number of carbonyl (C=O) groups excluding carboxylic acids is 1. The van der Waals surface area contributed by atoms with Gasteiger partial charge in [0.15, 0.2) is 0 Å². The zero-order valence-electron chi connectivity index (χ0n) is 15.0. The first-order valence-corrected chi connectivity index (χ1v) is 8.34. The van der Waals surface area contributed by atoms with E-state index in [1.54, 1.807) is 19.1 Å². The Kier molecular flexibility index (Phi) is 7.16. The minimum absolute atomic E-state index is 0.335. The predicted octanol–water partition coefficient (Wildman–Crippen LogP) is 2.76. The van der Waals surface area contributed by atoms with Crippen LogP contribution in [0, 0.1) is 0 Å². The fourth-order valence-corrected chi connectivity index (χ4v) is 2.25. The number of benzene rings is 1. The molecule has 1 heterocycles. The molecule has 0 aliphatic rings. The maximum absolute atomic E-state index is 12.0. The Bertz CT molecular complexity index is 691. The van der Waals surface area contributed by atoms with E-state index in [1.807, 2.05) is 32.3 Å². The molecule has 7 heteroatoms. The maximum Gasteiger partial charge on any atom is 0.340 e. The molecule has 0 amide bonds. The van der Waals surface area contributed by atoms with E-state index in [0.29, 0.717) is 23.7 Å². The Morgan fingerprint density at radius 1 is 1.20 bits per heavy atom. The van der Waals surface area contributed by atoms with Crippen LogP contribution in [0.4, 0.5) is 17.3 Å². The number of ether oxygens (including phenoxy) is 1. The van der Waals surface area contributed by atoms with E-state index in [9.17, 15) is 4.79 Å². The summed E-state index contributed by atoms with van der Waals surface area (Å²) >= 11 is 0. The van der Waals surface area contributed by atoms with Crippen LogP contribution in [-0.4, -0.2) is 54.6 Å². The Morgan fingerprint density at radius 3 is 2.72 bits per heavy atom. The van der Waals surface area contributed by atoms with Crippen LogP contribution >= 0.6 is 0 Å². The molecule has 0 fully saturated rings. The molecule has 0 bridgehead atoms. The summed E-state index contributed by atoms with van der Waals surface area (Å²) in [4.78, 5) is 22.6. The lowest BCUT2D eigenvalue weighted by atomic mass is 10.2. The Balaban J connectivity index is 2.03. The fourth-order valence-electron chi connectivity index (χ4n) is 2.25. The van der Waals surface area contributed by atoms with Crippen LogP contribution in [0.2, 0.25) is 0 Å². The number of para-hydroxylation sites is 1. The molecule has 0 atom stereocenters. The van der Waals surface area contributed by atoms with E-state index in [2.05, 4.69) is 25.5 Å². The van der Waals surface area contributed by atoms with Crippen LogP contribution in [0.25, 0.3) is 0 Å². The summed E-state index contributed by atoms with van der Waals surface area (Å²) in [6.45, 7) is 3.96. The van der Waals surface area contributed by atoms with Gasteiger partial charge in [-0.2, -0.15) is 0 Å². The van der Waals surface area contributed by atoms with E-state index < -0.39 is 0 Å². The van der Waals surface area contributed by atoms with E-state index in [4.69, 9.17) is 4.74 Å². The second kappa shape index (κ2) is 9.58. The lowest BCUT2D eigenvalue weighted by Crippen LogP contribution is -2.16. The molecule has 2 N–H and O–H groups in total. The Hall–Kier alpha value is -2.67. The SMILES string of the molecule is CCOC(=O)c1ccccc1Nc1cc(NCCCN(C)C)ncn1.